The highest BCUT2D eigenvalue weighted by Gasteiger charge is 2.23. The molecule has 4 rings (SSSR count). The Balaban J connectivity index is 2.25. The zero-order valence-electron chi connectivity index (χ0n) is 29.3. The fourth-order valence-electron chi connectivity index (χ4n) is 3.98. The molecule has 180 valence electrons. The molecule has 0 aromatic heterocycles. The van der Waals surface area contributed by atoms with Crippen molar-refractivity contribution in [1.29, 1.82) is 0 Å². The fraction of sp³-hybridized carbons (Fsp3) is 0.273. The number of hydrogen-bond acceptors (Lipinski definition) is 2. The first kappa shape index (κ1) is 16.2. The van der Waals surface area contributed by atoms with Gasteiger partial charge in [0.25, 0.3) is 0 Å². The summed E-state index contributed by atoms with van der Waals surface area (Å²) >= 11 is 0. The lowest BCUT2D eigenvalue weighted by Gasteiger charge is -2.27. The van der Waals surface area contributed by atoms with Crippen molar-refractivity contribution in [1.82, 2.24) is 0 Å². The van der Waals surface area contributed by atoms with Crippen molar-refractivity contribution in [3.8, 4) is 22.3 Å². The van der Waals surface area contributed by atoms with Crippen LogP contribution in [0.4, 0.5) is 17.1 Å². The summed E-state index contributed by atoms with van der Waals surface area (Å²) in [5.74, 6) is 0. The number of nitrogen functional groups attached to an aromatic ring is 1. The van der Waals surface area contributed by atoms with E-state index in [0.717, 1.165) is 16.7 Å². The number of aryl methyl sites for hydroxylation is 1. The molecule has 0 aliphatic heterocycles. The van der Waals surface area contributed by atoms with Gasteiger partial charge in [0.15, 0.2) is 0 Å². The maximum Gasteiger partial charge on any atom is 0.0629 e. The summed E-state index contributed by atoms with van der Waals surface area (Å²) in [5.41, 5.74) is 10.6. The van der Waals surface area contributed by atoms with Gasteiger partial charge in [-0.05, 0) is 69.8 Å². The van der Waals surface area contributed by atoms with Crippen molar-refractivity contribution in [2.75, 3.05) is 11.1 Å². The molecule has 35 heavy (non-hydrogen) atoms. The first-order valence-electron chi connectivity index (χ1n) is 15.8. The van der Waals surface area contributed by atoms with E-state index < -0.39 is 37.1 Å². The van der Waals surface area contributed by atoms with Crippen LogP contribution in [0.3, 0.4) is 0 Å². The van der Waals surface area contributed by atoms with Crippen LogP contribution in [0, 0.1) is 6.85 Å². The molecule has 0 aliphatic carbocycles. The Hall–Kier alpha value is -3.52. The van der Waals surface area contributed by atoms with Gasteiger partial charge in [-0.1, -0.05) is 102 Å². The van der Waals surface area contributed by atoms with Crippen molar-refractivity contribution in [2.45, 2.75) is 59.2 Å². The largest absolute Gasteiger partial charge is 0.397 e. The van der Waals surface area contributed by atoms with E-state index in [2.05, 4.69) is 52.9 Å². The summed E-state index contributed by atoms with van der Waals surface area (Å²) in [6, 6.07) is 13.9. The van der Waals surface area contributed by atoms with E-state index in [-0.39, 0.29) is 27.5 Å². The second kappa shape index (κ2) is 9.26. The summed E-state index contributed by atoms with van der Waals surface area (Å²) in [6.45, 7) is 10.1. The number of rotatable bonds is 4. The average Bonchev–Trinajstić information content (AvgIpc) is 2.91. The predicted molar refractivity (Wildman–Crippen MR) is 154 cm³/mol. The third kappa shape index (κ3) is 5.43. The molecular formula is C33H38N2. The lowest BCUT2D eigenvalue weighted by atomic mass is 9.78. The van der Waals surface area contributed by atoms with Crippen LogP contribution in [0.2, 0.25) is 0 Å². The molecule has 0 fully saturated rings. The highest BCUT2D eigenvalue weighted by atomic mass is 14.9. The summed E-state index contributed by atoms with van der Waals surface area (Å²) < 4.78 is 67.3. The number of hydrogen-bond donors (Lipinski definition) is 2. The van der Waals surface area contributed by atoms with Gasteiger partial charge in [-0.15, -0.1) is 0 Å². The van der Waals surface area contributed by atoms with E-state index in [1.807, 2.05) is 12.1 Å². The molecule has 0 unspecified atom stereocenters. The SMILES string of the molecule is [2H]c1c([2H])c([2H])c(-c2cc(C([2H])([2H])[2H])cc(-c3cc(C(C)(C)C)cc(C(C)(C)C)c3)c2Nc2ccccc2N)c([2H])c1[2H]. The second-order valence-corrected chi connectivity index (χ2v) is 11.0. The van der Waals surface area contributed by atoms with Gasteiger partial charge in [-0.3, -0.25) is 0 Å². The highest BCUT2D eigenvalue weighted by molar-refractivity contribution is 5.95. The molecule has 0 bridgehead atoms. The standard InChI is InChI=1S/C33H38N2/c1-22-17-27(23-13-9-8-10-14-23)31(35-30-16-12-11-15-29(30)34)28(18-22)24-19-25(32(2,3)4)21-26(20-24)33(5,6)7/h8-21,35H,34H2,1-7H3/i1D3,8D,9D,10D,13D,14D. The van der Waals surface area contributed by atoms with E-state index in [0.29, 0.717) is 22.6 Å². The average molecular weight is 471 g/mol. The van der Waals surface area contributed by atoms with Crippen LogP contribution >= 0.6 is 0 Å². The molecule has 0 atom stereocenters. The number of para-hydroxylation sites is 2. The molecule has 0 saturated carbocycles. The van der Waals surface area contributed by atoms with Gasteiger partial charge < -0.3 is 11.1 Å². The quantitative estimate of drug-likeness (QED) is 0.292. The van der Waals surface area contributed by atoms with Crippen molar-refractivity contribution in [3.05, 3.63) is 101 Å². The molecule has 2 heteroatoms. The second-order valence-electron chi connectivity index (χ2n) is 11.0. The van der Waals surface area contributed by atoms with Gasteiger partial charge in [0.1, 0.15) is 0 Å². The van der Waals surface area contributed by atoms with Crippen LogP contribution in [0.5, 0.6) is 0 Å². The van der Waals surface area contributed by atoms with Crippen molar-refractivity contribution in [2.24, 2.45) is 0 Å². The number of anilines is 3. The molecule has 0 heterocycles. The summed E-state index contributed by atoms with van der Waals surface area (Å²) in [6.07, 6.45) is 0. The minimum absolute atomic E-state index is 0.0191. The van der Waals surface area contributed by atoms with Gasteiger partial charge in [0.05, 0.1) is 23.9 Å². The van der Waals surface area contributed by atoms with Crippen molar-refractivity contribution < 1.29 is 11.0 Å². The van der Waals surface area contributed by atoms with Crippen LogP contribution < -0.4 is 11.1 Å². The van der Waals surface area contributed by atoms with E-state index in [1.54, 1.807) is 30.3 Å². The van der Waals surface area contributed by atoms with Gasteiger partial charge in [0, 0.05) is 15.2 Å². The van der Waals surface area contributed by atoms with Crippen LogP contribution in [0.25, 0.3) is 22.3 Å². The van der Waals surface area contributed by atoms with Crippen molar-refractivity contribution >= 4 is 17.1 Å². The monoisotopic (exact) mass is 470 g/mol. The molecule has 4 aromatic rings. The summed E-state index contributed by atoms with van der Waals surface area (Å²) in [7, 11) is 0. The topological polar surface area (TPSA) is 38.0 Å². The molecule has 0 saturated heterocycles. The van der Waals surface area contributed by atoms with Crippen LogP contribution in [0.15, 0.2) is 84.8 Å². The minimum Gasteiger partial charge on any atom is -0.397 e. The molecule has 3 N–H and O–H groups in total. The highest BCUT2D eigenvalue weighted by Crippen LogP contribution is 2.43. The predicted octanol–water partition coefficient (Wildman–Crippen LogP) is 9.25. The fourth-order valence-corrected chi connectivity index (χ4v) is 3.98. The summed E-state index contributed by atoms with van der Waals surface area (Å²) in [5, 5.41) is 3.36. The van der Waals surface area contributed by atoms with Crippen LogP contribution in [0.1, 0.15) is 69.2 Å². The number of nitrogens with one attached hydrogen (secondary N) is 1. The molecular weight excluding hydrogens is 424 g/mol. The Morgan fingerprint density at radius 3 is 1.86 bits per heavy atom. The Kier molecular flexibility index (Phi) is 4.29. The lowest BCUT2D eigenvalue weighted by Crippen LogP contribution is -2.16. The third-order valence-electron chi connectivity index (χ3n) is 6.10. The van der Waals surface area contributed by atoms with E-state index in [9.17, 15) is 0 Å². The van der Waals surface area contributed by atoms with E-state index in [1.165, 1.54) is 6.07 Å². The molecule has 0 aliphatic rings. The van der Waals surface area contributed by atoms with E-state index >= 15 is 0 Å². The van der Waals surface area contributed by atoms with Gasteiger partial charge >= 0.3 is 0 Å². The Morgan fingerprint density at radius 2 is 1.31 bits per heavy atom. The smallest absolute Gasteiger partial charge is 0.0629 e. The van der Waals surface area contributed by atoms with Crippen molar-refractivity contribution in [3.63, 3.8) is 0 Å². The van der Waals surface area contributed by atoms with E-state index in [4.69, 9.17) is 16.7 Å². The zero-order chi connectivity index (χ0) is 32.2. The minimum atomic E-state index is -2.55. The first-order chi connectivity index (χ1) is 19.7. The molecule has 0 radical (unpaired) electrons. The first-order valence-corrected chi connectivity index (χ1v) is 11.8. The zero-order valence-corrected chi connectivity index (χ0v) is 21.3. The van der Waals surface area contributed by atoms with Crippen LogP contribution in [-0.4, -0.2) is 0 Å². The summed E-state index contributed by atoms with van der Waals surface area (Å²) in [4.78, 5) is 0. The Bertz CT molecular complexity index is 1650. The molecule has 0 spiro atoms. The third-order valence-corrected chi connectivity index (χ3v) is 6.10. The van der Waals surface area contributed by atoms with Gasteiger partial charge in [-0.25, -0.2) is 0 Å². The number of benzene rings is 4. The lowest BCUT2D eigenvalue weighted by molar-refractivity contribution is 0.569. The maximum absolute atomic E-state index is 8.76. The van der Waals surface area contributed by atoms with Crippen LogP contribution in [-0.2, 0) is 10.8 Å². The maximum atomic E-state index is 8.76. The Morgan fingerprint density at radius 1 is 0.743 bits per heavy atom. The van der Waals surface area contributed by atoms with Gasteiger partial charge in [-0.2, -0.15) is 0 Å². The van der Waals surface area contributed by atoms with Gasteiger partial charge in [0.2, 0.25) is 0 Å². The Labute approximate surface area is 222 Å². The number of nitrogens with two attached hydrogens (primary N) is 1. The molecule has 2 nitrogen and oxygen atoms in total. The normalized spacial score (nSPS) is 15.6. The molecule has 4 aromatic carbocycles. The molecule has 0 amide bonds.